The fourth-order valence-corrected chi connectivity index (χ4v) is 4.66. The first-order valence-electron chi connectivity index (χ1n) is 12.4. The summed E-state index contributed by atoms with van der Waals surface area (Å²) in [4.78, 5) is 30.4. The highest BCUT2D eigenvalue weighted by atomic mass is 16.3. The largest absolute Gasteiger partial charge is 0.507 e. The van der Waals surface area contributed by atoms with Gasteiger partial charge in [-0.2, -0.15) is 0 Å². The van der Waals surface area contributed by atoms with Crippen molar-refractivity contribution in [3.05, 3.63) is 75.9 Å². The molecule has 1 unspecified atom stereocenters. The van der Waals surface area contributed by atoms with Gasteiger partial charge in [-0.15, -0.1) is 0 Å². The van der Waals surface area contributed by atoms with Gasteiger partial charge in [0.15, 0.2) is 0 Å². The molecule has 0 spiro atoms. The second-order valence-electron chi connectivity index (χ2n) is 9.51. The number of nitrogens with zero attached hydrogens (tertiary/aromatic N) is 2. The molecule has 0 aromatic heterocycles. The van der Waals surface area contributed by atoms with Crippen molar-refractivity contribution in [2.45, 2.75) is 59.9 Å². The van der Waals surface area contributed by atoms with Crippen LogP contribution in [0.5, 0.6) is 0 Å². The Morgan fingerprint density at radius 3 is 2.26 bits per heavy atom. The Labute approximate surface area is 204 Å². The van der Waals surface area contributed by atoms with Crippen molar-refractivity contribution in [2.75, 3.05) is 26.2 Å². The lowest BCUT2D eigenvalue weighted by Crippen LogP contribution is -2.33. The van der Waals surface area contributed by atoms with Gasteiger partial charge in [0, 0.05) is 12.1 Å². The number of hydrogen-bond acceptors (Lipinski definition) is 4. The first-order chi connectivity index (χ1) is 16.2. The van der Waals surface area contributed by atoms with Gasteiger partial charge >= 0.3 is 0 Å². The molecule has 1 amide bonds. The molecule has 0 aliphatic carbocycles. The zero-order chi connectivity index (χ0) is 25.0. The minimum Gasteiger partial charge on any atom is -0.507 e. The zero-order valence-corrected chi connectivity index (χ0v) is 21.4. The molecule has 1 saturated heterocycles. The lowest BCUT2D eigenvalue weighted by atomic mass is 9.92. The molecule has 3 rings (SSSR count). The van der Waals surface area contributed by atoms with Gasteiger partial charge in [-0.05, 0) is 68.6 Å². The predicted molar refractivity (Wildman–Crippen MR) is 138 cm³/mol. The van der Waals surface area contributed by atoms with E-state index in [1.807, 2.05) is 56.3 Å². The Kier molecular flexibility index (Phi) is 8.32. The van der Waals surface area contributed by atoms with Crippen LogP contribution in [0.1, 0.15) is 73.9 Å². The van der Waals surface area contributed by atoms with Gasteiger partial charge < -0.3 is 14.9 Å². The third kappa shape index (κ3) is 5.25. The van der Waals surface area contributed by atoms with Crippen LogP contribution in [-0.2, 0) is 9.59 Å². The monoisotopic (exact) mass is 462 g/mol. The highest BCUT2D eigenvalue weighted by Crippen LogP contribution is 2.40. The number of aliphatic hydroxyl groups is 1. The lowest BCUT2D eigenvalue weighted by molar-refractivity contribution is -0.140. The van der Waals surface area contributed by atoms with Crippen molar-refractivity contribution in [1.29, 1.82) is 0 Å². The van der Waals surface area contributed by atoms with Gasteiger partial charge in [0.2, 0.25) is 0 Å². The highest BCUT2D eigenvalue weighted by molar-refractivity contribution is 6.46. The van der Waals surface area contributed by atoms with Crippen molar-refractivity contribution in [2.24, 2.45) is 0 Å². The van der Waals surface area contributed by atoms with Crippen LogP contribution < -0.4 is 0 Å². The van der Waals surface area contributed by atoms with Gasteiger partial charge in [0.25, 0.3) is 11.7 Å². The molecule has 0 radical (unpaired) electrons. The fourth-order valence-electron chi connectivity index (χ4n) is 4.66. The summed E-state index contributed by atoms with van der Waals surface area (Å²) >= 11 is 0. The maximum atomic E-state index is 13.3. The number of ketones is 1. The Balaban J connectivity index is 2.08. The van der Waals surface area contributed by atoms with Gasteiger partial charge in [-0.25, -0.2) is 0 Å². The molecule has 2 aromatic carbocycles. The lowest BCUT2D eigenvalue weighted by Gasteiger charge is -2.27. The molecule has 182 valence electrons. The summed E-state index contributed by atoms with van der Waals surface area (Å²) in [5, 5.41) is 11.4. The molecule has 1 N–H and O–H groups in total. The highest BCUT2D eigenvalue weighted by Gasteiger charge is 2.45. The van der Waals surface area contributed by atoms with Crippen molar-refractivity contribution in [3.8, 4) is 0 Å². The molecule has 2 aromatic rings. The summed E-state index contributed by atoms with van der Waals surface area (Å²) in [6.45, 7) is 15.6. The Morgan fingerprint density at radius 2 is 1.68 bits per heavy atom. The van der Waals surface area contributed by atoms with Crippen LogP contribution in [0.15, 0.2) is 48.0 Å². The Hall–Kier alpha value is -2.92. The summed E-state index contributed by atoms with van der Waals surface area (Å²) in [7, 11) is 0. The summed E-state index contributed by atoms with van der Waals surface area (Å²) in [5.74, 6) is -0.864. The molecule has 0 bridgehead atoms. The van der Waals surface area contributed by atoms with Gasteiger partial charge in [-0.1, -0.05) is 69.7 Å². The van der Waals surface area contributed by atoms with E-state index in [9.17, 15) is 14.7 Å². The Bertz CT molecular complexity index is 1070. The average molecular weight is 463 g/mol. The maximum Gasteiger partial charge on any atom is 0.295 e. The molecular weight excluding hydrogens is 424 g/mol. The number of Topliss-reactive ketones (excluding diaryl/α,β-unsaturated/α-hetero) is 1. The van der Waals surface area contributed by atoms with Crippen molar-refractivity contribution in [1.82, 2.24) is 9.80 Å². The molecule has 34 heavy (non-hydrogen) atoms. The molecule has 0 saturated carbocycles. The van der Waals surface area contributed by atoms with Crippen molar-refractivity contribution in [3.63, 3.8) is 0 Å². The summed E-state index contributed by atoms with van der Waals surface area (Å²) in [6.07, 6.45) is 0.763. The van der Waals surface area contributed by atoms with Gasteiger partial charge in [-0.3, -0.25) is 9.59 Å². The zero-order valence-electron chi connectivity index (χ0n) is 21.4. The number of aliphatic hydroxyl groups excluding tert-OH is 1. The third-order valence-corrected chi connectivity index (χ3v) is 6.87. The summed E-state index contributed by atoms with van der Waals surface area (Å²) < 4.78 is 0. The Morgan fingerprint density at radius 1 is 1.03 bits per heavy atom. The van der Waals surface area contributed by atoms with Crippen molar-refractivity contribution < 1.29 is 14.7 Å². The number of aryl methyl sites for hydroxylation is 2. The first-order valence-corrected chi connectivity index (χ1v) is 12.4. The van der Waals surface area contributed by atoms with Gasteiger partial charge in [0.1, 0.15) is 5.76 Å². The number of hydrogen-bond donors (Lipinski definition) is 1. The van der Waals surface area contributed by atoms with E-state index in [2.05, 4.69) is 32.6 Å². The van der Waals surface area contributed by atoms with E-state index in [0.29, 0.717) is 18.0 Å². The SMILES string of the molecule is CCN(CC)CCCN1C(=O)C(=O)C(=C(O)c2cc(C)ccc2C)C1c1ccc(C(C)C)cc1. The topological polar surface area (TPSA) is 60.9 Å². The molecule has 5 nitrogen and oxygen atoms in total. The van der Waals surface area contributed by atoms with Crippen LogP contribution in [0.3, 0.4) is 0 Å². The van der Waals surface area contributed by atoms with Crippen LogP contribution in [0, 0.1) is 13.8 Å². The van der Waals surface area contributed by atoms with Crippen LogP contribution in [0.2, 0.25) is 0 Å². The third-order valence-electron chi connectivity index (χ3n) is 6.87. The second kappa shape index (κ2) is 11.0. The molecule has 1 fully saturated rings. The number of benzene rings is 2. The van der Waals surface area contributed by atoms with E-state index in [0.717, 1.165) is 42.7 Å². The van der Waals surface area contributed by atoms with E-state index < -0.39 is 17.7 Å². The normalized spacial score (nSPS) is 17.9. The summed E-state index contributed by atoms with van der Waals surface area (Å²) in [5.41, 5.74) is 4.67. The number of amides is 1. The number of carbonyl (C=O) groups excluding carboxylic acids is 2. The van der Waals surface area contributed by atoms with Crippen LogP contribution >= 0.6 is 0 Å². The number of rotatable bonds is 9. The van der Waals surface area contributed by atoms with Crippen LogP contribution in [-0.4, -0.2) is 52.8 Å². The fraction of sp³-hybridized carbons (Fsp3) is 0.448. The van der Waals surface area contributed by atoms with E-state index in [4.69, 9.17) is 0 Å². The van der Waals surface area contributed by atoms with E-state index in [1.165, 1.54) is 5.56 Å². The predicted octanol–water partition coefficient (Wildman–Crippen LogP) is 5.58. The molecule has 5 heteroatoms. The minimum absolute atomic E-state index is 0.0938. The van der Waals surface area contributed by atoms with Gasteiger partial charge in [0.05, 0.1) is 11.6 Å². The van der Waals surface area contributed by atoms with E-state index >= 15 is 0 Å². The molecule has 1 heterocycles. The first kappa shape index (κ1) is 25.7. The molecular formula is C29H38N2O3. The standard InChI is InChI=1S/C29H38N2O3/c1-7-30(8-2)16-9-17-31-26(23-14-12-22(13-15-23)19(3)4)25(28(33)29(31)34)27(32)24-18-20(5)10-11-21(24)6/h10-15,18-19,26,32H,7-9,16-17H2,1-6H3. The maximum absolute atomic E-state index is 13.3. The average Bonchev–Trinajstić information content (AvgIpc) is 3.08. The molecule has 1 aliphatic rings. The van der Waals surface area contributed by atoms with Crippen molar-refractivity contribution >= 4 is 17.4 Å². The quantitative estimate of drug-likeness (QED) is 0.300. The number of carbonyl (C=O) groups is 2. The summed E-state index contributed by atoms with van der Waals surface area (Å²) in [6, 6.07) is 13.2. The van der Waals surface area contributed by atoms with E-state index in [1.54, 1.807) is 4.90 Å². The minimum atomic E-state index is -0.612. The molecule has 1 aliphatic heterocycles. The van der Waals surface area contributed by atoms with Crippen LogP contribution in [0.4, 0.5) is 0 Å². The smallest absolute Gasteiger partial charge is 0.295 e. The second-order valence-corrected chi connectivity index (χ2v) is 9.51. The van der Waals surface area contributed by atoms with Crippen LogP contribution in [0.25, 0.3) is 5.76 Å². The molecule has 1 atom stereocenters. The number of likely N-dealkylation sites (tertiary alicyclic amines) is 1. The van der Waals surface area contributed by atoms with E-state index in [-0.39, 0.29) is 11.3 Å².